The first-order chi connectivity index (χ1) is 6.83. The van der Waals surface area contributed by atoms with Gasteiger partial charge in [0.1, 0.15) is 5.15 Å². The minimum Gasteiger partial charge on any atom is -0.388 e. The van der Waals surface area contributed by atoms with Crippen LogP contribution >= 0.6 is 27.5 Å². The molecule has 2 N–H and O–H groups in total. The Labute approximate surface area is 96.5 Å². The third-order valence-corrected chi connectivity index (χ3v) is 2.80. The van der Waals surface area contributed by atoms with E-state index in [9.17, 15) is 13.2 Å². The smallest absolute Gasteiger partial charge is 0.388 e. The molecule has 0 aliphatic heterocycles. The van der Waals surface area contributed by atoms with Crippen LogP contribution < -0.4 is 10.5 Å². The van der Waals surface area contributed by atoms with Crippen LogP contribution in [0.2, 0.25) is 5.15 Å². The molecule has 1 aromatic heterocycles. The van der Waals surface area contributed by atoms with E-state index < -0.39 is 12.2 Å². The van der Waals surface area contributed by atoms with Crippen molar-refractivity contribution < 1.29 is 17.9 Å². The molecule has 1 heterocycles. The molecule has 15 heavy (non-hydrogen) atoms. The Morgan fingerprint density at radius 1 is 1.53 bits per heavy atom. The van der Waals surface area contributed by atoms with Crippen molar-refractivity contribution in [3.8, 4) is 5.88 Å². The standard InChI is InChI=1S/C7H5BrClF3N2O/c8-5-3(2-13)1-4(14-6(5)9)15-7(10,11)12/h1H,2,13H2. The van der Waals surface area contributed by atoms with Crippen molar-refractivity contribution in [2.45, 2.75) is 12.9 Å². The summed E-state index contributed by atoms with van der Waals surface area (Å²) in [6, 6.07) is 1.07. The summed E-state index contributed by atoms with van der Waals surface area (Å²) >= 11 is 8.61. The number of hydrogen-bond acceptors (Lipinski definition) is 3. The molecule has 0 aromatic carbocycles. The highest BCUT2D eigenvalue weighted by Gasteiger charge is 2.32. The summed E-state index contributed by atoms with van der Waals surface area (Å²) < 4.78 is 39.6. The molecule has 8 heteroatoms. The van der Waals surface area contributed by atoms with Crippen molar-refractivity contribution in [1.29, 1.82) is 0 Å². The van der Waals surface area contributed by atoms with E-state index in [0.717, 1.165) is 6.07 Å². The van der Waals surface area contributed by atoms with Gasteiger partial charge in [0.25, 0.3) is 0 Å². The molecule has 0 bridgehead atoms. The Morgan fingerprint density at radius 2 is 2.13 bits per heavy atom. The lowest BCUT2D eigenvalue weighted by molar-refractivity contribution is -0.276. The third kappa shape index (κ3) is 3.51. The van der Waals surface area contributed by atoms with Crippen molar-refractivity contribution in [3.63, 3.8) is 0 Å². The zero-order chi connectivity index (χ0) is 11.6. The number of hydrogen-bond donors (Lipinski definition) is 1. The van der Waals surface area contributed by atoms with Gasteiger partial charge in [-0.15, -0.1) is 13.2 Å². The molecule has 0 amide bonds. The van der Waals surface area contributed by atoms with Crippen LogP contribution in [0.15, 0.2) is 10.5 Å². The minimum atomic E-state index is -4.80. The van der Waals surface area contributed by atoms with E-state index in [1.165, 1.54) is 0 Å². The zero-order valence-corrected chi connectivity index (χ0v) is 9.45. The van der Waals surface area contributed by atoms with Gasteiger partial charge in [-0.3, -0.25) is 0 Å². The summed E-state index contributed by atoms with van der Waals surface area (Å²) in [6.45, 7) is 0.0248. The number of rotatable bonds is 2. The lowest BCUT2D eigenvalue weighted by Crippen LogP contribution is -2.18. The van der Waals surface area contributed by atoms with Gasteiger partial charge in [0, 0.05) is 12.6 Å². The van der Waals surface area contributed by atoms with Gasteiger partial charge in [0.05, 0.1) is 4.47 Å². The number of pyridine rings is 1. The van der Waals surface area contributed by atoms with Crippen molar-refractivity contribution >= 4 is 27.5 Å². The SMILES string of the molecule is NCc1cc(OC(F)(F)F)nc(Cl)c1Br. The summed E-state index contributed by atoms with van der Waals surface area (Å²) in [4.78, 5) is 3.39. The molecule has 0 unspecified atom stereocenters. The van der Waals surface area contributed by atoms with Crippen molar-refractivity contribution in [1.82, 2.24) is 4.98 Å². The fraction of sp³-hybridized carbons (Fsp3) is 0.286. The van der Waals surface area contributed by atoms with Gasteiger partial charge in [-0.2, -0.15) is 0 Å². The Balaban J connectivity index is 3.06. The third-order valence-electron chi connectivity index (χ3n) is 1.41. The molecule has 3 nitrogen and oxygen atoms in total. The van der Waals surface area contributed by atoms with Gasteiger partial charge >= 0.3 is 6.36 Å². The van der Waals surface area contributed by atoms with E-state index in [1.54, 1.807) is 0 Å². The van der Waals surface area contributed by atoms with E-state index in [0.29, 0.717) is 10.0 Å². The largest absolute Gasteiger partial charge is 0.574 e. The van der Waals surface area contributed by atoms with Crippen LogP contribution in [0.3, 0.4) is 0 Å². The van der Waals surface area contributed by atoms with Gasteiger partial charge in [0.15, 0.2) is 0 Å². The maximum Gasteiger partial charge on any atom is 0.574 e. The monoisotopic (exact) mass is 304 g/mol. The molecule has 0 saturated heterocycles. The van der Waals surface area contributed by atoms with E-state index in [1.807, 2.05) is 0 Å². The van der Waals surface area contributed by atoms with Gasteiger partial charge in [0.2, 0.25) is 5.88 Å². The maximum absolute atomic E-state index is 11.9. The van der Waals surface area contributed by atoms with Gasteiger partial charge in [-0.05, 0) is 21.5 Å². The van der Waals surface area contributed by atoms with E-state index in [4.69, 9.17) is 17.3 Å². The zero-order valence-electron chi connectivity index (χ0n) is 7.11. The second kappa shape index (κ2) is 4.54. The van der Waals surface area contributed by atoms with Crippen LogP contribution in [0.5, 0.6) is 5.88 Å². The number of nitrogens with zero attached hydrogens (tertiary/aromatic N) is 1. The number of nitrogens with two attached hydrogens (primary N) is 1. The first-order valence-electron chi connectivity index (χ1n) is 3.64. The predicted octanol–water partition coefficient (Wildman–Crippen LogP) is 2.85. The molecule has 0 saturated carbocycles. The molecule has 0 aliphatic rings. The highest BCUT2D eigenvalue weighted by atomic mass is 79.9. The van der Waals surface area contributed by atoms with E-state index in [2.05, 4.69) is 25.7 Å². The second-order valence-corrected chi connectivity index (χ2v) is 3.63. The van der Waals surface area contributed by atoms with E-state index >= 15 is 0 Å². The van der Waals surface area contributed by atoms with Gasteiger partial charge in [-0.1, -0.05) is 11.6 Å². The highest BCUT2D eigenvalue weighted by molar-refractivity contribution is 9.10. The first-order valence-corrected chi connectivity index (χ1v) is 4.81. The quantitative estimate of drug-likeness (QED) is 0.855. The molecule has 1 aromatic rings. The number of alkyl halides is 3. The maximum atomic E-state index is 11.9. The summed E-state index contributed by atoms with van der Waals surface area (Å²) in [5.41, 5.74) is 5.68. The van der Waals surface area contributed by atoms with Crippen LogP contribution in [0, 0.1) is 0 Å². The van der Waals surface area contributed by atoms with E-state index in [-0.39, 0.29) is 11.7 Å². The molecular weight excluding hydrogens is 300 g/mol. The molecule has 0 aliphatic carbocycles. The molecule has 0 fully saturated rings. The normalized spacial score (nSPS) is 11.6. The van der Waals surface area contributed by atoms with Gasteiger partial charge < -0.3 is 10.5 Å². The predicted molar refractivity (Wildman–Crippen MR) is 51.5 cm³/mol. The summed E-state index contributed by atoms with van der Waals surface area (Å²) in [5.74, 6) is -0.629. The minimum absolute atomic E-state index is 0.0248. The lowest BCUT2D eigenvalue weighted by atomic mass is 10.3. The average molecular weight is 305 g/mol. The Hall–Kier alpha value is -0.530. The first kappa shape index (κ1) is 12.5. The number of halogens is 5. The van der Waals surface area contributed by atoms with Crippen molar-refractivity contribution in [2.75, 3.05) is 0 Å². The van der Waals surface area contributed by atoms with Gasteiger partial charge in [-0.25, -0.2) is 4.98 Å². The van der Waals surface area contributed by atoms with Crippen molar-refractivity contribution in [2.24, 2.45) is 5.73 Å². The topological polar surface area (TPSA) is 48.1 Å². The van der Waals surface area contributed by atoms with Crippen LogP contribution in [0.25, 0.3) is 0 Å². The fourth-order valence-electron chi connectivity index (χ4n) is 0.842. The summed E-state index contributed by atoms with van der Waals surface area (Å²) in [6.07, 6.45) is -4.80. The molecule has 0 spiro atoms. The highest BCUT2D eigenvalue weighted by Crippen LogP contribution is 2.30. The van der Waals surface area contributed by atoms with Crippen molar-refractivity contribution in [3.05, 3.63) is 21.3 Å². The molecular formula is C7H5BrClF3N2O. The number of aromatic nitrogens is 1. The Morgan fingerprint density at radius 3 is 2.60 bits per heavy atom. The molecule has 0 radical (unpaired) electrons. The van der Waals surface area contributed by atoms with Crippen LogP contribution in [0.4, 0.5) is 13.2 Å². The number of ether oxygens (including phenoxy) is 1. The fourth-order valence-corrected chi connectivity index (χ4v) is 1.41. The summed E-state index contributed by atoms with van der Waals surface area (Å²) in [7, 11) is 0. The molecule has 0 atom stereocenters. The average Bonchev–Trinajstić information content (AvgIpc) is 2.08. The van der Waals surface area contributed by atoms with Crippen LogP contribution in [-0.2, 0) is 6.54 Å². The molecule has 1 rings (SSSR count). The second-order valence-electron chi connectivity index (χ2n) is 2.48. The Kier molecular flexibility index (Phi) is 3.80. The Bertz CT molecular complexity index is 372. The summed E-state index contributed by atoms with van der Waals surface area (Å²) in [5, 5.41) is -0.128. The van der Waals surface area contributed by atoms with Crippen LogP contribution in [-0.4, -0.2) is 11.3 Å². The lowest BCUT2D eigenvalue weighted by Gasteiger charge is -2.10. The molecule has 84 valence electrons. The van der Waals surface area contributed by atoms with Crippen LogP contribution in [0.1, 0.15) is 5.56 Å².